The average Bonchev–Trinajstić information content (AvgIpc) is 3.36. The van der Waals surface area contributed by atoms with Crippen molar-refractivity contribution in [2.75, 3.05) is 25.5 Å². The van der Waals surface area contributed by atoms with E-state index in [0.717, 1.165) is 38.1 Å². The van der Waals surface area contributed by atoms with Crippen molar-refractivity contribution in [3.05, 3.63) is 78.2 Å². The second-order valence-electron chi connectivity index (χ2n) is 9.67. The van der Waals surface area contributed by atoms with Crippen LogP contribution in [0.3, 0.4) is 0 Å². The molecule has 0 atom stereocenters. The van der Waals surface area contributed by atoms with E-state index in [1.54, 1.807) is 36.5 Å². The number of amides is 2. The van der Waals surface area contributed by atoms with Gasteiger partial charge in [-0.25, -0.2) is 14.8 Å². The predicted octanol–water partition coefficient (Wildman–Crippen LogP) is 5.08. The molecule has 0 aliphatic carbocycles. The van der Waals surface area contributed by atoms with Crippen molar-refractivity contribution in [1.82, 2.24) is 24.8 Å². The molecule has 2 N–H and O–H groups in total. The number of aromatic nitrogens is 3. The third-order valence-electron chi connectivity index (χ3n) is 6.71. The molecule has 9 nitrogen and oxygen atoms in total. The lowest BCUT2D eigenvalue weighted by atomic mass is 10.1. The lowest BCUT2D eigenvalue weighted by molar-refractivity contribution is -0.137. The lowest BCUT2D eigenvalue weighted by Crippen LogP contribution is -2.44. The maximum Gasteiger partial charge on any atom is 0.416 e. The number of nitrogens with zero attached hydrogens (tertiary/aromatic N) is 4. The minimum atomic E-state index is -4.42. The van der Waals surface area contributed by atoms with Crippen LogP contribution in [-0.4, -0.2) is 57.6 Å². The van der Waals surface area contributed by atoms with E-state index in [4.69, 9.17) is 4.74 Å². The molecule has 208 valence electrons. The Hall–Kier alpha value is -4.45. The number of alkyl halides is 3. The molecule has 1 fully saturated rings. The summed E-state index contributed by atoms with van der Waals surface area (Å²) in [6, 6.07) is 12.6. The molecule has 1 aliphatic heterocycles. The second kappa shape index (κ2) is 11.3. The Morgan fingerprint density at radius 2 is 1.70 bits per heavy atom. The summed E-state index contributed by atoms with van der Waals surface area (Å²) < 4.78 is 45.5. The molecule has 0 bridgehead atoms. The summed E-state index contributed by atoms with van der Waals surface area (Å²) in [6.07, 6.45) is 0.232. The predicted molar refractivity (Wildman–Crippen MR) is 142 cm³/mol. The van der Waals surface area contributed by atoms with Crippen LogP contribution in [0.25, 0.3) is 11.0 Å². The maximum absolute atomic E-state index is 12.9. The van der Waals surface area contributed by atoms with Gasteiger partial charge in [-0.15, -0.1) is 0 Å². The fraction of sp³-hybridized carbons (Fsp3) is 0.286. The van der Waals surface area contributed by atoms with Crippen molar-refractivity contribution in [3.63, 3.8) is 0 Å². The van der Waals surface area contributed by atoms with Gasteiger partial charge in [0.2, 0.25) is 11.8 Å². The van der Waals surface area contributed by atoms with E-state index in [9.17, 15) is 22.8 Å². The summed E-state index contributed by atoms with van der Waals surface area (Å²) in [4.78, 5) is 36.0. The smallest absolute Gasteiger partial charge is 0.416 e. The molecule has 3 heterocycles. The fourth-order valence-corrected chi connectivity index (χ4v) is 4.49. The van der Waals surface area contributed by atoms with Crippen molar-refractivity contribution in [2.24, 2.45) is 0 Å². The fourth-order valence-electron chi connectivity index (χ4n) is 4.49. The van der Waals surface area contributed by atoms with Crippen molar-refractivity contribution in [1.29, 1.82) is 0 Å². The summed E-state index contributed by atoms with van der Waals surface area (Å²) in [7, 11) is 2.06. The van der Waals surface area contributed by atoms with Gasteiger partial charge in [-0.1, -0.05) is 12.1 Å². The van der Waals surface area contributed by atoms with Gasteiger partial charge in [-0.3, -0.25) is 9.36 Å². The molecule has 1 aliphatic rings. The highest BCUT2D eigenvalue weighted by Crippen LogP contribution is 2.30. The molecule has 0 saturated carbocycles. The van der Waals surface area contributed by atoms with Gasteiger partial charge in [0.1, 0.15) is 12.1 Å². The van der Waals surface area contributed by atoms with E-state index in [1.807, 2.05) is 0 Å². The van der Waals surface area contributed by atoms with Gasteiger partial charge in [0.05, 0.1) is 17.4 Å². The minimum absolute atomic E-state index is 0.0718. The molecule has 2 amide bonds. The third-order valence-corrected chi connectivity index (χ3v) is 6.71. The van der Waals surface area contributed by atoms with Gasteiger partial charge >= 0.3 is 12.2 Å². The van der Waals surface area contributed by atoms with Crippen LogP contribution < -0.4 is 15.4 Å². The highest BCUT2D eigenvalue weighted by Gasteiger charge is 2.30. The topological polar surface area (TPSA) is 101 Å². The Labute approximate surface area is 228 Å². The standard InChI is InChI=1S/C28H27F3N6O3/c1-36-13-10-21(11-14-36)35-27(39)37-15-12-23-25(37)32-17-33-26(23)40-22-8-6-20(7-9-22)34-24(38)16-18-2-4-19(5-3-18)28(29,30)31/h2-9,12,15,17,21H,10-11,13-14,16H2,1H3,(H,34,38)(H,35,39). The number of likely N-dealkylation sites (tertiary alicyclic amines) is 1. The Balaban J connectivity index is 1.20. The van der Waals surface area contributed by atoms with E-state index in [-0.39, 0.29) is 30.3 Å². The number of hydrogen-bond donors (Lipinski definition) is 2. The van der Waals surface area contributed by atoms with E-state index in [2.05, 4.69) is 32.5 Å². The highest BCUT2D eigenvalue weighted by molar-refractivity contribution is 5.93. The number of carbonyl (C=O) groups is 2. The van der Waals surface area contributed by atoms with E-state index >= 15 is 0 Å². The van der Waals surface area contributed by atoms with Crippen LogP contribution in [-0.2, 0) is 17.4 Å². The Morgan fingerprint density at radius 1 is 1.00 bits per heavy atom. The molecule has 0 radical (unpaired) electrons. The second-order valence-corrected chi connectivity index (χ2v) is 9.67. The van der Waals surface area contributed by atoms with Gasteiger partial charge in [0, 0.05) is 17.9 Å². The Morgan fingerprint density at radius 3 is 2.38 bits per heavy atom. The number of ether oxygens (including phenoxy) is 1. The number of hydrogen-bond acceptors (Lipinski definition) is 6. The zero-order chi connectivity index (χ0) is 28.3. The summed E-state index contributed by atoms with van der Waals surface area (Å²) in [6.45, 7) is 1.86. The average molecular weight is 553 g/mol. The first kappa shape index (κ1) is 27.1. The SMILES string of the molecule is CN1CCC(NC(=O)n2ccc3c(Oc4ccc(NC(=O)Cc5ccc(C(F)(F)F)cc5)cc4)ncnc32)CC1. The molecular formula is C28H27F3N6O3. The van der Waals surface area contributed by atoms with Crippen molar-refractivity contribution in [3.8, 4) is 11.6 Å². The molecule has 12 heteroatoms. The van der Waals surface area contributed by atoms with Gasteiger partial charge in [-0.2, -0.15) is 13.2 Å². The van der Waals surface area contributed by atoms with Gasteiger partial charge < -0.3 is 20.3 Å². The van der Waals surface area contributed by atoms with E-state index < -0.39 is 11.7 Å². The minimum Gasteiger partial charge on any atom is -0.438 e. The zero-order valence-corrected chi connectivity index (χ0v) is 21.6. The molecular weight excluding hydrogens is 525 g/mol. The first-order valence-corrected chi connectivity index (χ1v) is 12.7. The van der Waals surface area contributed by atoms with Crippen LogP contribution >= 0.6 is 0 Å². The monoisotopic (exact) mass is 552 g/mol. The van der Waals surface area contributed by atoms with Crippen molar-refractivity contribution in [2.45, 2.75) is 31.5 Å². The largest absolute Gasteiger partial charge is 0.438 e. The Bertz CT molecular complexity index is 1490. The molecule has 40 heavy (non-hydrogen) atoms. The van der Waals surface area contributed by atoms with Gasteiger partial charge in [0.25, 0.3) is 0 Å². The third kappa shape index (κ3) is 6.40. The number of halogens is 3. The van der Waals surface area contributed by atoms with Crippen LogP contribution in [0.1, 0.15) is 24.0 Å². The van der Waals surface area contributed by atoms with E-state index in [1.165, 1.54) is 23.0 Å². The molecule has 5 rings (SSSR count). The van der Waals surface area contributed by atoms with Crippen LogP contribution in [0.15, 0.2) is 67.1 Å². The van der Waals surface area contributed by atoms with Gasteiger partial charge in [0.15, 0.2) is 5.65 Å². The normalized spacial score (nSPS) is 14.7. The molecule has 2 aromatic carbocycles. The number of fused-ring (bicyclic) bond motifs is 1. The summed E-state index contributed by atoms with van der Waals surface area (Å²) >= 11 is 0. The number of benzene rings is 2. The van der Waals surface area contributed by atoms with Crippen LogP contribution in [0.2, 0.25) is 0 Å². The van der Waals surface area contributed by atoms with Crippen molar-refractivity contribution >= 4 is 28.7 Å². The number of anilines is 1. The first-order valence-electron chi connectivity index (χ1n) is 12.7. The quantitative estimate of drug-likeness (QED) is 0.346. The number of rotatable bonds is 6. The first-order chi connectivity index (χ1) is 19.2. The summed E-state index contributed by atoms with van der Waals surface area (Å²) in [5.41, 5.74) is 0.613. The van der Waals surface area contributed by atoms with Crippen LogP contribution in [0.5, 0.6) is 11.6 Å². The van der Waals surface area contributed by atoms with Gasteiger partial charge in [-0.05, 0) is 81.0 Å². The lowest BCUT2D eigenvalue weighted by Gasteiger charge is -2.29. The Kier molecular flexibility index (Phi) is 7.69. The molecule has 0 spiro atoms. The highest BCUT2D eigenvalue weighted by atomic mass is 19.4. The number of nitrogens with one attached hydrogen (secondary N) is 2. The number of carbonyl (C=O) groups excluding carboxylic acids is 2. The van der Waals surface area contributed by atoms with E-state index in [0.29, 0.717) is 28.0 Å². The van der Waals surface area contributed by atoms with Crippen LogP contribution in [0, 0.1) is 0 Å². The summed E-state index contributed by atoms with van der Waals surface area (Å²) in [5, 5.41) is 6.34. The molecule has 0 unspecified atom stereocenters. The molecule has 1 saturated heterocycles. The zero-order valence-electron chi connectivity index (χ0n) is 21.6. The maximum atomic E-state index is 12.9. The van der Waals surface area contributed by atoms with Crippen LogP contribution in [0.4, 0.5) is 23.7 Å². The van der Waals surface area contributed by atoms with Crippen molar-refractivity contribution < 1.29 is 27.5 Å². The summed E-state index contributed by atoms with van der Waals surface area (Å²) in [5.74, 6) is 0.352. The molecule has 2 aromatic heterocycles. The number of piperidine rings is 1. The molecule has 4 aromatic rings.